The minimum Gasteiger partial charge on any atom is -0.340 e. The third kappa shape index (κ3) is 4.86. The number of sulfonamides is 1. The number of carbonyl (C=O) groups is 1. The third-order valence-corrected chi connectivity index (χ3v) is 5.87. The summed E-state index contributed by atoms with van der Waals surface area (Å²) in [7, 11) is -3.48. The maximum absolute atomic E-state index is 12.6. The first-order valence-corrected chi connectivity index (χ1v) is 10.6. The predicted octanol–water partition coefficient (Wildman–Crippen LogP) is 3.29. The van der Waals surface area contributed by atoms with Crippen molar-refractivity contribution >= 4 is 33.2 Å². The van der Waals surface area contributed by atoms with Gasteiger partial charge in [-0.2, -0.15) is 0 Å². The molecule has 0 aliphatic carbocycles. The van der Waals surface area contributed by atoms with Gasteiger partial charge in [0.15, 0.2) is 0 Å². The normalized spacial score (nSPS) is 18.5. The van der Waals surface area contributed by atoms with E-state index in [0.29, 0.717) is 10.7 Å². The highest BCUT2D eigenvalue weighted by Gasteiger charge is 2.26. The van der Waals surface area contributed by atoms with Gasteiger partial charge in [-0.25, -0.2) is 8.42 Å². The Labute approximate surface area is 149 Å². The van der Waals surface area contributed by atoms with Crippen molar-refractivity contribution in [3.63, 3.8) is 0 Å². The van der Waals surface area contributed by atoms with Crippen LogP contribution in [0.4, 0.5) is 5.69 Å². The average Bonchev–Trinajstić information content (AvgIpc) is 2.53. The van der Waals surface area contributed by atoms with Crippen molar-refractivity contribution in [2.24, 2.45) is 0 Å². The van der Waals surface area contributed by atoms with E-state index in [9.17, 15) is 13.2 Å². The number of hydrogen-bond donors (Lipinski definition) is 0. The lowest BCUT2D eigenvalue weighted by molar-refractivity contribution is -0.134. The molecule has 1 fully saturated rings. The molecule has 1 saturated heterocycles. The summed E-state index contributed by atoms with van der Waals surface area (Å²) in [5.74, 6) is 0.0252. The summed E-state index contributed by atoms with van der Waals surface area (Å²) in [5, 5.41) is 0.467. The van der Waals surface area contributed by atoms with Gasteiger partial charge in [0.2, 0.25) is 15.9 Å². The van der Waals surface area contributed by atoms with Gasteiger partial charge in [-0.05, 0) is 43.9 Å². The maximum atomic E-state index is 12.6. The Balaban J connectivity index is 2.09. The number of anilines is 1. The van der Waals surface area contributed by atoms with E-state index in [2.05, 4.69) is 6.92 Å². The summed E-state index contributed by atoms with van der Waals surface area (Å²) < 4.78 is 25.5. The molecule has 24 heavy (non-hydrogen) atoms. The van der Waals surface area contributed by atoms with Gasteiger partial charge < -0.3 is 4.90 Å². The lowest BCUT2D eigenvalue weighted by Gasteiger charge is -2.36. The highest BCUT2D eigenvalue weighted by Crippen LogP contribution is 2.24. The van der Waals surface area contributed by atoms with Crippen LogP contribution in [0.25, 0.3) is 0 Å². The smallest absolute Gasteiger partial charge is 0.232 e. The fraction of sp³-hybridized carbons (Fsp3) is 0.588. The topological polar surface area (TPSA) is 57.7 Å². The Hall–Kier alpha value is -1.27. The van der Waals surface area contributed by atoms with Gasteiger partial charge in [0.05, 0.1) is 11.9 Å². The molecule has 1 heterocycles. The summed E-state index contributed by atoms with van der Waals surface area (Å²) in [6, 6.07) is 6.96. The number of hydrogen-bond acceptors (Lipinski definition) is 3. The molecule has 7 heteroatoms. The number of rotatable bonds is 6. The quantitative estimate of drug-likeness (QED) is 0.769. The Morgan fingerprint density at radius 3 is 2.75 bits per heavy atom. The molecule has 1 atom stereocenters. The standard InChI is InChI=1S/C17H25ClN2O3S/c1-3-15-8-4-5-11-19(15)17(21)10-12-20(24(2,22)23)16-9-6-7-14(18)13-16/h6-7,9,13,15H,3-5,8,10-12H2,1-2H3. The summed E-state index contributed by atoms with van der Waals surface area (Å²) in [4.78, 5) is 14.5. The van der Waals surface area contributed by atoms with Crippen LogP contribution in [0.3, 0.4) is 0 Å². The molecule has 0 saturated carbocycles. The molecule has 1 aliphatic heterocycles. The van der Waals surface area contributed by atoms with E-state index in [-0.39, 0.29) is 24.9 Å². The Morgan fingerprint density at radius 2 is 2.12 bits per heavy atom. The molecule has 1 amide bonds. The number of amides is 1. The molecule has 0 radical (unpaired) electrons. The van der Waals surface area contributed by atoms with Crippen molar-refractivity contribution in [3.05, 3.63) is 29.3 Å². The summed E-state index contributed by atoms with van der Waals surface area (Å²) in [6.07, 6.45) is 5.47. The third-order valence-electron chi connectivity index (χ3n) is 4.44. The van der Waals surface area contributed by atoms with Crippen LogP contribution in [0, 0.1) is 0 Å². The van der Waals surface area contributed by atoms with E-state index in [4.69, 9.17) is 11.6 Å². The van der Waals surface area contributed by atoms with Crippen LogP contribution < -0.4 is 4.31 Å². The zero-order valence-corrected chi connectivity index (χ0v) is 15.8. The van der Waals surface area contributed by atoms with Gasteiger partial charge in [-0.15, -0.1) is 0 Å². The van der Waals surface area contributed by atoms with E-state index in [1.165, 1.54) is 4.31 Å². The molecular formula is C17H25ClN2O3S. The molecule has 0 spiro atoms. The molecule has 1 unspecified atom stereocenters. The summed E-state index contributed by atoms with van der Waals surface area (Å²) >= 11 is 5.96. The van der Waals surface area contributed by atoms with Crippen LogP contribution in [0.1, 0.15) is 39.0 Å². The van der Waals surface area contributed by atoms with Crippen LogP contribution in [-0.2, 0) is 14.8 Å². The number of piperidine rings is 1. The number of likely N-dealkylation sites (tertiary alicyclic amines) is 1. The molecule has 1 aromatic carbocycles. The van der Waals surface area contributed by atoms with Gasteiger partial charge in [-0.1, -0.05) is 24.6 Å². The molecule has 2 rings (SSSR count). The predicted molar refractivity (Wildman–Crippen MR) is 97.9 cm³/mol. The van der Waals surface area contributed by atoms with Crippen LogP contribution in [0.15, 0.2) is 24.3 Å². The first-order chi connectivity index (χ1) is 11.3. The van der Waals surface area contributed by atoms with Gasteiger partial charge >= 0.3 is 0 Å². The van der Waals surface area contributed by atoms with E-state index >= 15 is 0 Å². The lowest BCUT2D eigenvalue weighted by atomic mass is 9.99. The Bertz CT molecular complexity index is 678. The van der Waals surface area contributed by atoms with E-state index in [1.54, 1.807) is 24.3 Å². The van der Waals surface area contributed by atoms with E-state index in [1.807, 2.05) is 4.90 Å². The van der Waals surface area contributed by atoms with Crippen LogP contribution in [0.5, 0.6) is 0 Å². The minimum atomic E-state index is -3.48. The summed E-state index contributed by atoms with van der Waals surface area (Å²) in [5.41, 5.74) is 0.489. The van der Waals surface area contributed by atoms with Crippen molar-refractivity contribution in [2.45, 2.75) is 45.1 Å². The number of benzene rings is 1. The second-order valence-corrected chi connectivity index (χ2v) is 8.55. The number of carbonyl (C=O) groups excluding carboxylic acids is 1. The molecular weight excluding hydrogens is 348 g/mol. The fourth-order valence-corrected chi connectivity index (χ4v) is 4.32. The monoisotopic (exact) mass is 372 g/mol. The second-order valence-electron chi connectivity index (χ2n) is 6.21. The van der Waals surface area contributed by atoms with Gasteiger partial charge in [-0.3, -0.25) is 9.10 Å². The van der Waals surface area contributed by atoms with Crippen molar-refractivity contribution in [1.82, 2.24) is 4.90 Å². The Morgan fingerprint density at radius 1 is 1.38 bits per heavy atom. The van der Waals surface area contributed by atoms with Crippen molar-refractivity contribution in [3.8, 4) is 0 Å². The number of halogens is 1. The van der Waals surface area contributed by atoms with Gasteiger partial charge in [0.1, 0.15) is 0 Å². The number of nitrogens with zero attached hydrogens (tertiary/aromatic N) is 2. The fourth-order valence-electron chi connectivity index (χ4n) is 3.21. The Kier molecular flexibility index (Phi) is 6.52. The largest absolute Gasteiger partial charge is 0.340 e. The lowest BCUT2D eigenvalue weighted by Crippen LogP contribution is -2.44. The molecule has 134 valence electrons. The summed E-state index contributed by atoms with van der Waals surface area (Å²) in [6.45, 7) is 2.99. The van der Waals surface area contributed by atoms with Gasteiger partial charge in [0, 0.05) is 30.6 Å². The second kappa shape index (κ2) is 8.21. The molecule has 0 aromatic heterocycles. The van der Waals surface area contributed by atoms with Crippen molar-refractivity contribution < 1.29 is 13.2 Å². The van der Waals surface area contributed by atoms with E-state index < -0.39 is 10.0 Å². The highest BCUT2D eigenvalue weighted by molar-refractivity contribution is 7.92. The molecule has 0 N–H and O–H groups in total. The van der Waals surface area contributed by atoms with Crippen LogP contribution in [-0.4, -0.2) is 44.6 Å². The van der Waals surface area contributed by atoms with Crippen LogP contribution in [0.2, 0.25) is 5.02 Å². The first kappa shape index (κ1) is 19.1. The average molecular weight is 373 g/mol. The molecule has 5 nitrogen and oxygen atoms in total. The molecule has 1 aliphatic rings. The maximum Gasteiger partial charge on any atom is 0.232 e. The first-order valence-electron chi connectivity index (χ1n) is 8.35. The van der Waals surface area contributed by atoms with Crippen molar-refractivity contribution in [1.29, 1.82) is 0 Å². The zero-order chi connectivity index (χ0) is 17.7. The highest BCUT2D eigenvalue weighted by atomic mass is 35.5. The van der Waals surface area contributed by atoms with Gasteiger partial charge in [0.25, 0.3) is 0 Å². The SMILES string of the molecule is CCC1CCCCN1C(=O)CCN(c1cccc(Cl)c1)S(C)(=O)=O. The van der Waals surface area contributed by atoms with Crippen LogP contribution >= 0.6 is 11.6 Å². The van der Waals surface area contributed by atoms with E-state index in [0.717, 1.165) is 38.5 Å². The zero-order valence-electron chi connectivity index (χ0n) is 14.2. The van der Waals surface area contributed by atoms with Crippen molar-refractivity contribution in [2.75, 3.05) is 23.7 Å². The minimum absolute atomic E-state index is 0.0252. The molecule has 1 aromatic rings. The molecule has 0 bridgehead atoms.